The molecular weight excluding hydrogens is 350 g/mol. The highest BCUT2D eigenvalue weighted by Gasteiger charge is 2.12. The zero-order valence-electron chi connectivity index (χ0n) is 15.4. The second-order valence-electron chi connectivity index (χ2n) is 5.64. The fraction of sp³-hybridized carbons (Fsp3) is 0.250. The molecule has 27 heavy (non-hydrogen) atoms. The van der Waals surface area contributed by atoms with Crippen LogP contribution in [0.5, 0.6) is 23.0 Å². The predicted octanol–water partition coefficient (Wildman–Crippen LogP) is 2.28. The molecule has 2 rings (SSSR count). The zero-order chi connectivity index (χ0) is 19.8. The van der Waals surface area contributed by atoms with Gasteiger partial charge in [-0.1, -0.05) is 12.1 Å². The average Bonchev–Trinajstić information content (AvgIpc) is 2.69. The number of aliphatic hydroxyl groups is 1. The van der Waals surface area contributed by atoms with Crippen LogP contribution in [0.2, 0.25) is 0 Å². The number of hydrogen-bond donors (Lipinski definition) is 3. The first kappa shape index (κ1) is 20.1. The Bertz CT molecular complexity index is 776. The molecule has 0 radical (unpaired) electrons. The topological polar surface area (TPSA) is 97.3 Å². The summed E-state index contributed by atoms with van der Waals surface area (Å²) in [6.07, 6.45) is 2.08. The average molecular weight is 373 g/mol. The van der Waals surface area contributed by atoms with Gasteiger partial charge >= 0.3 is 0 Å². The fourth-order valence-electron chi connectivity index (χ4n) is 2.44. The van der Waals surface area contributed by atoms with Crippen LogP contribution in [0.3, 0.4) is 0 Å². The van der Waals surface area contributed by atoms with E-state index in [2.05, 4.69) is 5.32 Å². The molecule has 0 aliphatic rings. The van der Waals surface area contributed by atoms with Crippen LogP contribution in [0, 0.1) is 0 Å². The Kier molecular flexibility index (Phi) is 7.08. The molecule has 0 heterocycles. The normalized spacial score (nSPS) is 11.9. The number of rotatable bonds is 8. The van der Waals surface area contributed by atoms with Crippen LogP contribution >= 0.6 is 0 Å². The van der Waals surface area contributed by atoms with Gasteiger partial charge in [0.25, 0.3) is 0 Å². The van der Waals surface area contributed by atoms with Gasteiger partial charge < -0.3 is 29.7 Å². The number of benzene rings is 2. The molecular formula is C20H23NO6. The van der Waals surface area contributed by atoms with Crippen molar-refractivity contribution in [2.75, 3.05) is 27.9 Å². The Morgan fingerprint density at radius 1 is 1.07 bits per heavy atom. The monoisotopic (exact) mass is 373 g/mol. The summed E-state index contributed by atoms with van der Waals surface area (Å²) in [5.74, 6) is 1.20. The molecule has 0 bridgehead atoms. The molecule has 0 aliphatic heterocycles. The van der Waals surface area contributed by atoms with E-state index in [4.69, 9.17) is 14.2 Å². The van der Waals surface area contributed by atoms with Gasteiger partial charge in [0.05, 0.1) is 27.4 Å². The van der Waals surface area contributed by atoms with E-state index in [0.717, 1.165) is 0 Å². The second kappa shape index (κ2) is 9.49. The van der Waals surface area contributed by atoms with Crippen LogP contribution < -0.4 is 19.5 Å². The summed E-state index contributed by atoms with van der Waals surface area (Å²) in [7, 11) is 4.55. The zero-order valence-corrected chi connectivity index (χ0v) is 15.4. The van der Waals surface area contributed by atoms with E-state index in [9.17, 15) is 15.0 Å². The van der Waals surface area contributed by atoms with Crippen molar-refractivity contribution in [1.82, 2.24) is 5.32 Å². The number of phenolic OH excluding ortho intramolecular Hbond substituents is 1. The number of hydrogen-bond acceptors (Lipinski definition) is 6. The lowest BCUT2D eigenvalue weighted by molar-refractivity contribution is -0.116. The van der Waals surface area contributed by atoms with Crippen LogP contribution in [0.1, 0.15) is 17.2 Å². The second-order valence-corrected chi connectivity index (χ2v) is 5.64. The van der Waals surface area contributed by atoms with Gasteiger partial charge in [0.1, 0.15) is 5.75 Å². The quantitative estimate of drug-likeness (QED) is 0.614. The molecule has 0 saturated carbocycles. The van der Waals surface area contributed by atoms with Crippen molar-refractivity contribution in [2.24, 2.45) is 0 Å². The largest absolute Gasteiger partial charge is 0.508 e. The van der Waals surface area contributed by atoms with E-state index in [1.54, 1.807) is 30.3 Å². The molecule has 0 fully saturated rings. The van der Waals surface area contributed by atoms with Gasteiger partial charge in [0.15, 0.2) is 11.5 Å². The molecule has 3 N–H and O–H groups in total. The number of carbonyl (C=O) groups is 1. The van der Waals surface area contributed by atoms with Gasteiger partial charge in [-0.2, -0.15) is 0 Å². The number of phenols is 1. The fourth-order valence-corrected chi connectivity index (χ4v) is 2.44. The molecule has 0 unspecified atom stereocenters. The Labute approximate surface area is 157 Å². The third-order valence-electron chi connectivity index (χ3n) is 3.86. The van der Waals surface area contributed by atoms with Crippen molar-refractivity contribution in [3.8, 4) is 23.0 Å². The number of aliphatic hydroxyl groups excluding tert-OH is 1. The summed E-state index contributed by atoms with van der Waals surface area (Å²) < 4.78 is 15.8. The minimum atomic E-state index is -0.871. The van der Waals surface area contributed by atoms with Crippen molar-refractivity contribution in [2.45, 2.75) is 6.10 Å². The Morgan fingerprint density at radius 2 is 1.67 bits per heavy atom. The predicted molar refractivity (Wildman–Crippen MR) is 101 cm³/mol. The molecule has 0 aliphatic carbocycles. The van der Waals surface area contributed by atoms with Crippen LogP contribution in [-0.2, 0) is 4.79 Å². The van der Waals surface area contributed by atoms with E-state index in [1.807, 2.05) is 0 Å². The maximum Gasteiger partial charge on any atom is 0.244 e. The highest BCUT2D eigenvalue weighted by atomic mass is 16.5. The first-order chi connectivity index (χ1) is 13.0. The van der Waals surface area contributed by atoms with E-state index in [-0.39, 0.29) is 18.2 Å². The first-order valence-electron chi connectivity index (χ1n) is 8.21. The summed E-state index contributed by atoms with van der Waals surface area (Å²) in [6.45, 7) is 0.0448. The first-order valence-corrected chi connectivity index (χ1v) is 8.21. The highest BCUT2D eigenvalue weighted by Crippen LogP contribution is 2.38. The van der Waals surface area contributed by atoms with Gasteiger partial charge in [-0.05, 0) is 41.5 Å². The van der Waals surface area contributed by atoms with Gasteiger partial charge in [0.2, 0.25) is 11.7 Å². The molecule has 0 spiro atoms. The minimum Gasteiger partial charge on any atom is -0.508 e. The van der Waals surface area contributed by atoms with Crippen LogP contribution in [0.4, 0.5) is 0 Å². The van der Waals surface area contributed by atoms with E-state index >= 15 is 0 Å². The summed E-state index contributed by atoms with van der Waals surface area (Å²) in [6, 6.07) is 9.58. The Hall–Kier alpha value is -3.19. The number of ether oxygens (including phenoxy) is 3. The number of carbonyl (C=O) groups excluding carboxylic acids is 1. The Balaban J connectivity index is 2.00. The molecule has 0 saturated heterocycles. The van der Waals surface area contributed by atoms with Crippen molar-refractivity contribution < 1.29 is 29.2 Å². The maximum absolute atomic E-state index is 12.0. The van der Waals surface area contributed by atoms with Crippen molar-refractivity contribution in [1.29, 1.82) is 0 Å². The van der Waals surface area contributed by atoms with Gasteiger partial charge in [-0.15, -0.1) is 0 Å². The lowest BCUT2D eigenvalue weighted by atomic mass is 10.1. The number of methoxy groups -OCH3 is 3. The number of amides is 1. The summed E-state index contributed by atoms with van der Waals surface area (Å²) in [5.41, 5.74) is 1.29. The lowest BCUT2D eigenvalue weighted by Crippen LogP contribution is -2.26. The molecule has 7 nitrogen and oxygen atoms in total. The number of nitrogens with one attached hydrogen (secondary N) is 1. The standard InChI is InChI=1S/C20H23NO6/c1-25-17-10-13(11-18(26-2)20(17)27-3)4-9-19(24)21-12-16(23)14-5-7-15(22)8-6-14/h4-11,16,22-23H,12H2,1-3H3,(H,21,24)/b9-4+/t16-/m1/s1. The lowest BCUT2D eigenvalue weighted by Gasteiger charge is -2.13. The van der Waals surface area contributed by atoms with Crippen LogP contribution in [0.15, 0.2) is 42.5 Å². The molecule has 7 heteroatoms. The van der Waals surface area contributed by atoms with Crippen molar-refractivity contribution in [3.63, 3.8) is 0 Å². The maximum atomic E-state index is 12.0. The van der Waals surface area contributed by atoms with Crippen molar-refractivity contribution in [3.05, 3.63) is 53.6 Å². The Morgan fingerprint density at radius 3 is 2.19 bits per heavy atom. The number of aromatic hydroxyl groups is 1. The van der Waals surface area contributed by atoms with Gasteiger partial charge in [-0.3, -0.25) is 4.79 Å². The van der Waals surface area contributed by atoms with Crippen molar-refractivity contribution >= 4 is 12.0 Å². The van der Waals surface area contributed by atoms with Crippen LogP contribution in [-0.4, -0.2) is 44.0 Å². The van der Waals surface area contributed by atoms with E-state index in [0.29, 0.717) is 28.4 Å². The molecule has 2 aromatic rings. The van der Waals surface area contributed by atoms with Crippen LogP contribution in [0.25, 0.3) is 6.08 Å². The van der Waals surface area contributed by atoms with Gasteiger partial charge in [0, 0.05) is 12.6 Å². The molecule has 1 amide bonds. The summed E-state index contributed by atoms with van der Waals surface area (Å²) in [4.78, 5) is 12.0. The SMILES string of the molecule is COc1cc(/C=C/C(=O)NC[C@@H](O)c2ccc(O)cc2)cc(OC)c1OC. The third-order valence-corrected chi connectivity index (χ3v) is 3.86. The highest BCUT2D eigenvalue weighted by molar-refractivity contribution is 5.91. The smallest absolute Gasteiger partial charge is 0.244 e. The third kappa shape index (κ3) is 5.39. The molecule has 144 valence electrons. The summed E-state index contributed by atoms with van der Waals surface area (Å²) >= 11 is 0. The van der Waals surface area contributed by atoms with E-state index in [1.165, 1.54) is 39.5 Å². The van der Waals surface area contributed by atoms with Gasteiger partial charge in [-0.25, -0.2) is 0 Å². The minimum absolute atomic E-state index is 0.0448. The van der Waals surface area contributed by atoms with E-state index < -0.39 is 6.10 Å². The molecule has 0 aromatic heterocycles. The molecule has 1 atom stereocenters. The molecule has 2 aromatic carbocycles. The summed E-state index contributed by atoms with van der Waals surface area (Å²) in [5, 5.41) is 21.9.